The lowest BCUT2D eigenvalue weighted by Crippen LogP contribution is -2.15. The average molecular weight is 388 g/mol. The van der Waals surface area contributed by atoms with Gasteiger partial charge in [0.25, 0.3) is 0 Å². The first-order valence-corrected chi connectivity index (χ1v) is 9.82. The lowest BCUT2D eigenvalue weighted by molar-refractivity contribution is 0.317. The van der Waals surface area contributed by atoms with Crippen molar-refractivity contribution in [2.24, 2.45) is 0 Å². The standard InChI is InChI=1S/C23H21N3OS/c1-5-26(4)19-6-7-22-15(2)8-21(28-23(22)11-19)12-20-10-17(9-16(3)27-20)18(13-24)14-25/h6-12H,5H2,1-4H3/b21-12+. The van der Waals surface area contributed by atoms with E-state index in [1.54, 1.807) is 23.9 Å². The minimum absolute atomic E-state index is 0.0826. The molecule has 0 aliphatic carbocycles. The van der Waals surface area contributed by atoms with Crippen LogP contribution in [0.4, 0.5) is 5.69 Å². The summed E-state index contributed by atoms with van der Waals surface area (Å²) in [6.45, 7) is 7.00. The van der Waals surface area contributed by atoms with Crippen molar-refractivity contribution in [3.8, 4) is 12.1 Å². The van der Waals surface area contributed by atoms with Crippen molar-refractivity contribution < 1.29 is 4.74 Å². The molecule has 0 spiro atoms. The zero-order valence-electron chi connectivity index (χ0n) is 16.4. The molecule has 0 N–H and O–H groups in total. The summed E-state index contributed by atoms with van der Waals surface area (Å²) >= 11 is 1.69. The number of rotatable bonds is 3. The zero-order chi connectivity index (χ0) is 20.3. The average Bonchev–Trinajstić information content (AvgIpc) is 2.67. The monoisotopic (exact) mass is 387 g/mol. The Balaban J connectivity index is 1.97. The number of fused-ring (bicyclic) bond motifs is 1. The van der Waals surface area contributed by atoms with E-state index in [1.165, 1.54) is 21.7 Å². The second-order valence-electron chi connectivity index (χ2n) is 6.63. The third-order valence-electron chi connectivity index (χ3n) is 4.62. The van der Waals surface area contributed by atoms with Crippen molar-refractivity contribution in [3.05, 3.63) is 75.6 Å². The molecular formula is C23H21N3OS. The van der Waals surface area contributed by atoms with Crippen LogP contribution in [0.5, 0.6) is 0 Å². The maximum Gasteiger partial charge on any atom is 0.137 e. The Morgan fingerprint density at radius 3 is 2.61 bits per heavy atom. The molecular weight excluding hydrogens is 366 g/mol. The van der Waals surface area contributed by atoms with Gasteiger partial charge in [0.05, 0.1) is 0 Å². The van der Waals surface area contributed by atoms with Gasteiger partial charge in [-0.1, -0.05) is 17.8 Å². The first kappa shape index (κ1) is 19.6. The van der Waals surface area contributed by atoms with Crippen molar-refractivity contribution >= 4 is 23.0 Å². The van der Waals surface area contributed by atoms with E-state index in [4.69, 9.17) is 15.3 Å². The highest BCUT2D eigenvalue weighted by molar-refractivity contribution is 8.03. The lowest BCUT2D eigenvalue weighted by atomic mass is 10.0. The van der Waals surface area contributed by atoms with Crippen LogP contribution < -0.4 is 4.90 Å². The lowest BCUT2D eigenvalue weighted by Gasteiger charge is -2.22. The van der Waals surface area contributed by atoms with E-state index < -0.39 is 0 Å². The maximum absolute atomic E-state index is 9.14. The topological polar surface area (TPSA) is 60.0 Å². The Morgan fingerprint density at radius 1 is 1.18 bits per heavy atom. The van der Waals surface area contributed by atoms with Gasteiger partial charge in [-0.3, -0.25) is 0 Å². The van der Waals surface area contributed by atoms with Crippen LogP contribution in [-0.4, -0.2) is 13.6 Å². The molecule has 2 aliphatic heterocycles. The van der Waals surface area contributed by atoms with Crippen molar-refractivity contribution in [1.29, 1.82) is 10.5 Å². The summed E-state index contributed by atoms with van der Waals surface area (Å²) in [6, 6.07) is 10.4. The van der Waals surface area contributed by atoms with E-state index in [0.717, 1.165) is 11.4 Å². The molecule has 28 heavy (non-hydrogen) atoms. The second-order valence-corrected chi connectivity index (χ2v) is 7.74. The predicted octanol–water partition coefficient (Wildman–Crippen LogP) is 5.70. The minimum atomic E-state index is 0.0826. The summed E-state index contributed by atoms with van der Waals surface area (Å²) in [5, 5.41) is 18.3. The van der Waals surface area contributed by atoms with Crippen LogP contribution in [0.25, 0.3) is 5.57 Å². The molecule has 2 aliphatic rings. The number of thioether (sulfide) groups is 1. The third-order valence-corrected chi connectivity index (χ3v) is 5.65. The molecule has 0 atom stereocenters. The molecule has 0 aromatic heterocycles. The quantitative estimate of drug-likeness (QED) is 0.623. The van der Waals surface area contributed by atoms with E-state index in [0.29, 0.717) is 17.1 Å². The molecule has 0 radical (unpaired) electrons. The van der Waals surface area contributed by atoms with Crippen LogP contribution in [0.3, 0.4) is 0 Å². The Labute approximate surface area is 170 Å². The Hall–Kier alpha value is -3.15. The molecule has 0 fully saturated rings. The molecule has 1 aromatic rings. The number of hydrogen-bond acceptors (Lipinski definition) is 5. The van der Waals surface area contributed by atoms with Crippen LogP contribution in [0, 0.1) is 22.7 Å². The summed E-state index contributed by atoms with van der Waals surface area (Å²) in [5.41, 5.74) is 4.28. The largest absolute Gasteiger partial charge is 0.462 e. The SMILES string of the molecule is CCN(C)c1ccc2c(c1)S/C(=C/C1=CC(=C(C#N)C#N)C=C(C)O1)C=C2C. The summed E-state index contributed by atoms with van der Waals surface area (Å²) < 4.78 is 5.80. The van der Waals surface area contributed by atoms with E-state index in [-0.39, 0.29) is 5.57 Å². The van der Waals surface area contributed by atoms with Crippen molar-refractivity contribution in [3.63, 3.8) is 0 Å². The van der Waals surface area contributed by atoms with Gasteiger partial charge < -0.3 is 9.64 Å². The third kappa shape index (κ3) is 4.06. The van der Waals surface area contributed by atoms with Gasteiger partial charge in [0.2, 0.25) is 0 Å². The number of ether oxygens (including phenoxy) is 1. The fourth-order valence-corrected chi connectivity index (χ4v) is 4.21. The smallest absolute Gasteiger partial charge is 0.137 e. The van der Waals surface area contributed by atoms with Crippen LogP contribution in [0.15, 0.2) is 75.0 Å². The van der Waals surface area contributed by atoms with Crippen molar-refractivity contribution in [1.82, 2.24) is 0 Å². The first-order chi connectivity index (χ1) is 13.4. The first-order valence-electron chi connectivity index (χ1n) is 9.01. The molecule has 0 saturated heterocycles. The number of nitrogens with zero attached hydrogens (tertiary/aromatic N) is 3. The van der Waals surface area contributed by atoms with Gasteiger partial charge in [-0.25, -0.2) is 0 Å². The molecule has 0 bridgehead atoms. The number of nitriles is 2. The highest BCUT2D eigenvalue weighted by Gasteiger charge is 2.17. The van der Waals surface area contributed by atoms with Crippen LogP contribution in [0.2, 0.25) is 0 Å². The normalized spacial score (nSPS) is 16.7. The molecule has 2 heterocycles. The zero-order valence-corrected chi connectivity index (χ0v) is 17.2. The van der Waals surface area contributed by atoms with Crippen molar-refractivity contribution in [2.75, 3.05) is 18.5 Å². The van der Waals surface area contributed by atoms with Crippen molar-refractivity contribution in [2.45, 2.75) is 25.7 Å². The second kappa shape index (κ2) is 8.25. The predicted molar refractivity (Wildman–Crippen MR) is 114 cm³/mol. The summed E-state index contributed by atoms with van der Waals surface area (Å²) in [4.78, 5) is 4.47. The molecule has 0 saturated carbocycles. The van der Waals surface area contributed by atoms with E-state index in [9.17, 15) is 0 Å². The Bertz CT molecular complexity index is 1040. The van der Waals surface area contributed by atoms with Gasteiger partial charge in [0.15, 0.2) is 0 Å². The van der Waals surface area contributed by atoms with Gasteiger partial charge in [-0.05, 0) is 68.3 Å². The van der Waals surface area contributed by atoms with Crippen LogP contribution in [-0.2, 0) is 4.74 Å². The van der Waals surface area contributed by atoms with Gasteiger partial charge >= 0.3 is 0 Å². The Kier molecular flexibility index (Phi) is 5.78. The Morgan fingerprint density at radius 2 is 1.93 bits per heavy atom. The molecule has 4 nitrogen and oxygen atoms in total. The number of benzene rings is 1. The van der Waals surface area contributed by atoms with E-state index in [2.05, 4.69) is 50.1 Å². The number of anilines is 1. The van der Waals surface area contributed by atoms with Gasteiger partial charge in [0.1, 0.15) is 29.2 Å². The molecule has 140 valence electrons. The number of hydrogen-bond donors (Lipinski definition) is 0. The fourth-order valence-electron chi connectivity index (χ4n) is 3.03. The van der Waals surface area contributed by atoms with Crippen LogP contribution >= 0.6 is 11.8 Å². The van der Waals surface area contributed by atoms with Crippen LogP contribution in [0.1, 0.15) is 26.3 Å². The molecule has 3 rings (SSSR count). The van der Waals surface area contributed by atoms with E-state index >= 15 is 0 Å². The fraction of sp³-hybridized carbons (Fsp3) is 0.217. The number of allylic oxidation sites excluding steroid dienone is 8. The molecule has 1 aromatic carbocycles. The van der Waals surface area contributed by atoms with Gasteiger partial charge in [0, 0.05) is 34.7 Å². The highest BCUT2D eigenvalue weighted by atomic mass is 32.2. The summed E-state index contributed by atoms with van der Waals surface area (Å²) in [6.07, 6.45) is 7.53. The summed E-state index contributed by atoms with van der Waals surface area (Å²) in [7, 11) is 2.08. The minimum Gasteiger partial charge on any atom is -0.462 e. The van der Waals surface area contributed by atoms with Gasteiger partial charge in [-0.15, -0.1) is 0 Å². The van der Waals surface area contributed by atoms with Gasteiger partial charge in [-0.2, -0.15) is 10.5 Å². The van der Waals surface area contributed by atoms with E-state index in [1.807, 2.05) is 25.1 Å². The maximum atomic E-state index is 9.14. The summed E-state index contributed by atoms with van der Waals surface area (Å²) in [5.74, 6) is 1.27. The highest BCUT2D eigenvalue weighted by Crippen LogP contribution is 2.42. The molecule has 5 heteroatoms. The molecule has 0 unspecified atom stereocenters. The molecule has 0 amide bonds.